The molecule has 0 saturated carbocycles. The largest absolute Gasteiger partial charge is 0.424 e. The molecule has 1 atom stereocenters. The number of ether oxygens (including phenoxy) is 1. The number of nitrogens with one attached hydrogen (secondary N) is 2. The van der Waals surface area contributed by atoms with Crippen LogP contribution in [0.5, 0.6) is 11.8 Å². The van der Waals surface area contributed by atoms with Gasteiger partial charge in [-0.1, -0.05) is 5.10 Å². The third-order valence-corrected chi connectivity index (χ3v) is 7.56. The summed E-state index contributed by atoms with van der Waals surface area (Å²) in [5, 5.41) is 9.43. The highest BCUT2D eigenvalue weighted by Crippen LogP contribution is 2.28. The molecule has 0 radical (unpaired) electrons. The van der Waals surface area contributed by atoms with Gasteiger partial charge in [0.25, 0.3) is 0 Å². The SMILES string of the molecule is CCn1c(Oc2ccc3cc[nH]c3c2)nnc1[C@@H](C)NS(=O)(=O)c1cc(C)sc1C. The number of nitrogens with zero attached hydrogens (tertiary/aromatic N) is 3. The highest BCUT2D eigenvalue weighted by atomic mass is 32.2. The molecule has 0 fully saturated rings. The molecule has 0 unspecified atom stereocenters. The zero-order valence-electron chi connectivity index (χ0n) is 17.1. The second-order valence-electron chi connectivity index (χ2n) is 7.03. The van der Waals surface area contributed by atoms with Gasteiger partial charge in [-0.2, -0.15) is 0 Å². The van der Waals surface area contributed by atoms with E-state index in [2.05, 4.69) is 19.9 Å². The van der Waals surface area contributed by atoms with Crippen molar-refractivity contribution in [1.82, 2.24) is 24.5 Å². The van der Waals surface area contributed by atoms with Crippen LogP contribution >= 0.6 is 11.3 Å². The van der Waals surface area contributed by atoms with Crippen molar-refractivity contribution in [2.24, 2.45) is 0 Å². The Hall–Kier alpha value is -2.69. The van der Waals surface area contributed by atoms with Crippen LogP contribution in [0.25, 0.3) is 10.9 Å². The number of aromatic nitrogens is 4. The van der Waals surface area contributed by atoms with Gasteiger partial charge < -0.3 is 9.72 Å². The van der Waals surface area contributed by atoms with E-state index in [1.165, 1.54) is 11.3 Å². The van der Waals surface area contributed by atoms with E-state index in [0.717, 1.165) is 20.7 Å². The Bertz CT molecular complexity index is 1300. The number of rotatable bonds is 7. The van der Waals surface area contributed by atoms with Gasteiger partial charge in [0, 0.05) is 34.1 Å². The van der Waals surface area contributed by atoms with Crippen LogP contribution in [0, 0.1) is 13.8 Å². The highest BCUT2D eigenvalue weighted by Gasteiger charge is 2.26. The Morgan fingerprint density at radius 3 is 2.73 bits per heavy atom. The molecule has 3 heterocycles. The van der Waals surface area contributed by atoms with E-state index < -0.39 is 16.1 Å². The first kappa shape index (κ1) is 20.6. The maximum atomic E-state index is 12.8. The van der Waals surface area contributed by atoms with Crippen LogP contribution in [0.15, 0.2) is 41.4 Å². The quantitative estimate of drug-likeness (QED) is 0.442. The average molecular weight is 446 g/mol. The molecular formula is C20H23N5O3S2. The molecule has 10 heteroatoms. The van der Waals surface area contributed by atoms with Crippen molar-refractivity contribution in [1.29, 1.82) is 0 Å². The van der Waals surface area contributed by atoms with Crippen molar-refractivity contribution in [2.75, 3.05) is 0 Å². The molecule has 3 aromatic heterocycles. The summed E-state index contributed by atoms with van der Waals surface area (Å²) in [6.07, 6.45) is 1.87. The van der Waals surface area contributed by atoms with Crippen LogP contribution in [0.2, 0.25) is 0 Å². The Labute approximate surface area is 179 Å². The lowest BCUT2D eigenvalue weighted by Gasteiger charge is -2.15. The van der Waals surface area contributed by atoms with Crippen molar-refractivity contribution in [3.63, 3.8) is 0 Å². The minimum atomic E-state index is -3.68. The van der Waals surface area contributed by atoms with Crippen molar-refractivity contribution < 1.29 is 13.2 Å². The Morgan fingerprint density at radius 1 is 1.23 bits per heavy atom. The molecule has 0 bridgehead atoms. The van der Waals surface area contributed by atoms with E-state index in [1.807, 2.05) is 44.3 Å². The molecule has 8 nitrogen and oxygen atoms in total. The van der Waals surface area contributed by atoms with Crippen molar-refractivity contribution >= 4 is 32.3 Å². The van der Waals surface area contributed by atoms with E-state index in [1.54, 1.807) is 24.5 Å². The maximum Gasteiger partial charge on any atom is 0.322 e. The lowest BCUT2D eigenvalue weighted by molar-refractivity contribution is 0.408. The van der Waals surface area contributed by atoms with Gasteiger partial charge in [0.2, 0.25) is 10.0 Å². The first-order valence-corrected chi connectivity index (χ1v) is 11.9. The molecule has 0 aliphatic heterocycles. The third kappa shape index (κ3) is 3.85. The summed E-state index contributed by atoms with van der Waals surface area (Å²) in [6.45, 7) is 7.91. The van der Waals surface area contributed by atoms with E-state index in [4.69, 9.17) is 4.74 Å². The number of benzene rings is 1. The van der Waals surface area contributed by atoms with Gasteiger partial charge in [-0.25, -0.2) is 13.1 Å². The summed E-state index contributed by atoms with van der Waals surface area (Å²) in [4.78, 5) is 5.16. The molecule has 30 heavy (non-hydrogen) atoms. The van der Waals surface area contributed by atoms with Crippen LogP contribution in [0.4, 0.5) is 0 Å². The zero-order valence-corrected chi connectivity index (χ0v) is 18.8. The molecule has 0 amide bonds. The lowest BCUT2D eigenvalue weighted by Crippen LogP contribution is -2.29. The first-order chi connectivity index (χ1) is 14.3. The van der Waals surface area contributed by atoms with E-state index >= 15 is 0 Å². The van der Waals surface area contributed by atoms with Crippen LogP contribution in [0.3, 0.4) is 0 Å². The molecule has 4 aromatic rings. The average Bonchev–Trinajstić information content (AvgIpc) is 3.39. The number of fused-ring (bicyclic) bond motifs is 1. The van der Waals surface area contributed by atoms with Crippen LogP contribution in [0.1, 0.15) is 35.5 Å². The fraction of sp³-hybridized carbons (Fsp3) is 0.300. The highest BCUT2D eigenvalue weighted by molar-refractivity contribution is 7.89. The third-order valence-electron chi connectivity index (χ3n) is 4.80. The number of hydrogen-bond donors (Lipinski definition) is 2. The molecular weight excluding hydrogens is 422 g/mol. The summed E-state index contributed by atoms with van der Waals surface area (Å²) in [7, 11) is -3.68. The molecule has 0 saturated heterocycles. The van der Waals surface area contributed by atoms with Gasteiger partial charge in [-0.05, 0) is 57.3 Å². The predicted molar refractivity (Wildman–Crippen MR) is 117 cm³/mol. The van der Waals surface area contributed by atoms with Gasteiger partial charge in [0.1, 0.15) is 5.75 Å². The topological polar surface area (TPSA) is 102 Å². The van der Waals surface area contributed by atoms with E-state index in [-0.39, 0.29) is 0 Å². The van der Waals surface area contributed by atoms with Crippen LogP contribution in [-0.2, 0) is 16.6 Å². The normalized spacial score (nSPS) is 13.1. The van der Waals surface area contributed by atoms with E-state index in [0.29, 0.717) is 29.0 Å². The lowest BCUT2D eigenvalue weighted by atomic mass is 10.2. The fourth-order valence-corrected chi connectivity index (χ4v) is 6.17. The first-order valence-electron chi connectivity index (χ1n) is 9.56. The van der Waals surface area contributed by atoms with Gasteiger partial charge in [0.15, 0.2) is 5.82 Å². The number of aromatic amines is 1. The Kier molecular flexibility index (Phi) is 5.39. The standard InChI is InChI=1S/C20H23N5O3S2/c1-5-25-19(13(3)24-30(26,27)18-10-12(2)29-14(18)4)22-23-20(25)28-16-7-6-15-8-9-21-17(15)11-16/h6-11,13,21,24H,5H2,1-4H3/t13-/m1/s1. The molecule has 0 spiro atoms. The number of H-pyrrole nitrogens is 1. The summed E-state index contributed by atoms with van der Waals surface area (Å²) < 4.78 is 36.1. The van der Waals surface area contributed by atoms with Crippen molar-refractivity contribution in [3.8, 4) is 11.8 Å². The second-order valence-corrected chi connectivity index (χ2v) is 10.2. The monoisotopic (exact) mass is 445 g/mol. The minimum Gasteiger partial charge on any atom is -0.424 e. The summed E-state index contributed by atoms with van der Waals surface area (Å²) in [5.41, 5.74) is 0.956. The maximum absolute atomic E-state index is 12.8. The van der Waals surface area contributed by atoms with Crippen molar-refractivity contribution in [3.05, 3.63) is 52.1 Å². The molecule has 0 aliphatic rings. The molecule has 158 valence electrons. The Balaban J connectivity index is 1.58. The summed E-state index contributed by atoms with van der Waals surface area (Å²) >= 11 is 1.46. The van der Waals surface area contributed by atoms with Gasteiger partial charge in [-0.15, -0.1) is 16.4 Å². The van der Waals surface area contributed by atoms with E-state index in [9.17, 15) is 8.42 Å². The van der Waals surface area contributed by atoms with Crippen LogP contribution < -0.4 is 9.46 Å². The minimum absolute atomic E-state index is 0.301. The van der Waals surface area contributed by atoms with Crippen molar-refractivity contribution in [2.45, 2.75) is 45.2 Å². The number of aryl methyl sites for hydroxylation is 2. The van der Waals surface area contributed by atoms with Gasteiger partial charge in [0.05, 0.1) is 10.9 Å². The van der Waals surface area contributed by atoms with Gasteiger partial charge in [-0.3, -0.25) is 4.57 Å². The number of sulfonamides is 1. The van der Waals surface area contributed by atoms with Crippen LogP contribution in [-0.4, -0.2) is 28.2 Å². The molecule has 4 rings (SSSR count). The predicted octanol–water partition coefficient (Wildman–Crippen LogP) is 4.29. The van der Waals surface area contributed by atoms with Gasteiger partial charge >= 0.3 is 6.01 Å². The number of hydrogen-bond acceptors (Lipinski definition) is 6. The summed E-state index contributed by atoms with van der Waals surface area (Å²) in [5.74, 6) is 1.11. The zero-order chi connectivity index (χ0) is 21.5. The Morgan fingerprint density at radius 2 is 2.03 bits per heavy atom. The molecule has 1 aromatic carbocycles. The summed E-state index contributed by atoms with van der Waals surface area (Å²) in [6, 6.07) is 9.10. The fourth-order valence-electron chi connectivity index (χ4n) is 3.41. The molecule has 2 N–H and O–H groups in total. The number of thiophene rings is 1. The second kappa shape index (κ2) is 7.86. The smallest absolute Gasteiger partial charge is 0.322 e. The molecule has 0 aliphatic carbocycles.